The molecule has 0 aromatic heterocycles. The Hall–Kier alpha value is -0.980. The standard InChI is InChI=1S/C13H18N2S/c1-15-11-12-6-5-7-13(10-12)16-9-4-2-3-8-14/h5-7,10,15H,2-4,9,11H2,1H3. The SMILES string of the molecule is CNCc1cccc(SCCCCC#N)c1. The van der Waals surface area contributed by atoms with E-state index < -0.39 is 0 Å². The summed E-state index contributed by atoms with van der Waals surface area (Å²) in [5.41, 5.74) is 1.32. The molecular weight excluding hydrogens is 216 g/mol. The van der Waals surface area contributed by atoms with Crippen LogP contribution in [-0.2, 0) is 6.54 Å². The van der Waals surface area contributed by atoms with Gasteiger partial charge in [0.1, 0.15) is 0 Å². The fourth-order valence-corrected chi connectivity index (χ4v) is 2.44. The number of rotatable bonds is 7. The van der Waals surface area contributed by atoms with Gasteiger partial charge in [0.2, 0.25) is 0 Å². The fraction of sp³-hybridized carbons (Fsp3) is 0.462. The lowest BCUT2D eigenvalue weighted by Gasteiger charge is -2.04. The molecule has 1 aromatic rings. The predicted octanol–water partition coefficient (Wildman–Crippen LogP) is 3.19. The highest BCUT2D eigenvalue weighted by molar-refractivity contribution is 7.99. The number of nitrogens with zero attached hydrogens (tertiary/aromatic N) is 1. The molecule has 1 rings (SSSR count). The van der Waals surface area contributed by atoms with Gasteiger partial charge in [-0.05, 0) is 43.3 Å². The van der Waals surface area contributed by atoms with Crippen molar-refractivity contribution in [2.24, 2.45) is 0 Å². The van der Waals surface area contributed by atoms with E-state index in [1.807, 2.05) is 18.8 Å². The van der Waals surface area contributed by atoms with Gasteiger partial charge in [-0.25, -0.2) is 0 Å². The largest absolute Gasteiger partial charge is 0.316 e. The van der Waals surface area contributed by atoms with Gasteiger partial charge in [0, 0.05) is 17.9 Å². The molecule has 0 spiro atoms. The van der Waals surface area contributed by atoms with Crippen LogP contribution >= 0.6 is 11.8 Å². The van der Waals surface area contributed by atoms with Crippen LogP contribution in [0.25, 0.3) is 0 Å². The second kappa shape index (κ2) is 8.20. The first kappa shape index (κ1) is 13.1. The molecular formula is C13H18N2S. The second-order valence-corrected chi connectivity index (χ2v) is 4.81. The average molecular weight is 234 g/mol. The lowest BCUT2D eigenvalue weighted by atomic mass is 10.2. The topological polar surface area (TPSA) is 35.8 Å². The van der Waals surface area contributed by atoms with Crippen LogP contribution in [-0.4, -0.2) is 12.8 Å². The lowest BCUT2D eigenvalue weighted by molar-refractivity contribution is 0.815. The summed E-state index contributed by atoms with van der Waals surface area (Å²) in [6.07, 6.45) is 2.81. The van der Waals surface area contributed by atoms with Crippen molar-refractivity contribution in [2.75, 3.05) is 12.8 Å². The molecule has 86 valence electrons. The quantitative estimate of drug-likeness (QED) is 0.581. The Bertz CT molecular complexity index is 344. The van der Waals surface area contributed by atoms with Gasteiger partial charge in [-0.3, -0.25) is 0 Å². The van der Waals surface area contributed by atoms with E-state index >= 15 is 0 Å². The maximum absolute atomic E-state index is 8.41. The van der Waals surface area contributed by atoms with Gasteiger partial charge in [0.05, 0.1) is 6.07 Å². The van der Waals surface area contributed by atoms with Gasteiger partial charge >= 0.3 is 0 Å². The Morgan fingerprint density at radius 1 is 1.38 bits per heavy atom. The van der Waals surface area contributed by atoms with Crippen LogP contribution in [0.3, 0.4) is 0 Å². The Balaban J connectivity index is 2.30. The van der Waals surface area contributed by atoms with Crippen LogP contribution in [0.1, 0.15) is 24.8 Å². The van der Waals surface area contributed by atoms with Gasteiger partial charge in [0.25, 0.3) is 0 Å². The highest BCUT2D eigenvalue weighted by Gasteiger charge is 1.96. The summed E-state index contributed by atoms with van der Waals surface area (Å²) in [6.45, 7) is 0.919. The highest BCUT2D eigenvalue weighted by Crippen LogP contribution is 2.20. The number of thioether (sulfide) groups is 1. The smallest absolute Gasteiger partial charge is 0.0621 e. The maximum Gasteiger partial charge on any atom is 0.0621 e. The van der Waals surface area contributed by atoms with E-state index in [2.05, 4.69) is 35.7 Å². The number of hydrogen-bond acceptors (Lipinski definition) is 3. The molecule has 0 fully saturated rings. The third kappa shape index (κ3) is 5.20. The van der Waals surface area contributed by atoms with E-state index in [0.717, 1.165) is 25.1 Å². The Kier molecular flexibility index (Phi) is 6.71. The zero-order valence-electron chi connectivity index (χ0n) is 9.70. The van der Waals surface area contributed by atoms with E-state index in [-0.39, 0.29) is 0 Å². The molecule has 0 aliphatic carbocycles. The molecule has 3 heteroatoms. The Labute approximate surface area is 102 Å². The first-order valence-corrected chi connectivity index (χ1v) is 6.58. The molecule has 0 bridgehead atoms. The summed E-state index contributed by atoms with van der Waals surface area (Å²) in [5, 5.41) is 11.6. The van der Waals surface area contributed by atoms with Crippen LogP contribution in [0.15, 0.2) is 29.2 Å². The first-order valence-electron chi connectivity index (χ1n) is 5.60. The van der Waals surface area contributed by atoms with Crippen molar-refractivity contribution in [1.82, 2.24) is 5.32 Å². The third-order valence-corrected chi connectivity index (χ3v) is 3.31. The minimum absolute atomic E-state index is 0.681. The monoisotopic (exact) mass is 234 g/mol. The molecule has 0 radical (unpaired) electrons. The van der Waals surface area contributed by atoms with Gasteiger partial charge < -0.3 is 5.32 Å². The molecule has 2 nitrogen and oxygen atoms in total. The van der Waals surface area contributed by atoms with Gasteiger partial charge in [-0.2, -0.15) is 5.26 Å². The minimum Gasteiger partial charge on any atom is -0.316 e. The number of unbranched alkanes of at least 4 members (excludes halogenated alkanes) is 2. The van der Waals surface area contributed by atoms with Crippen LogP contribution in [0.4, 0.5) is 0 Å². The van der Waals surface area contributed by atoms with Crippen molar-refractivity contribution in [3.63, 3.8) is 0 Å². The fourth-order valence-electron chi connectivity index (χ4n) is 1.45. The van der Waals surface area contributed by atoms with E-state index in [9.17, 15) is 0 Å². The molecule has 0 heterocycles. The molecule has 16 heavy (non-hydrogen) atoms. The molecule has 0 amide bonds. The zero-order valence-corrected chi connectivity index (χ0v) is 10.5. The second-order valence-electron chi connectivity index (χ2n) is 3.64. The van der Waals surface area contributed by atoms with Gasteiger partial charge in [0.15, 0.2) is 0 Å². The normalized spacial score (nSPS) is 10.0. The summed E-state index contributed by atoms with van der Waals surface area (Å²) in [6, 6.07) is 10.8. The van der Waals surface area contributed by atoms with E-state index in [1.165, 1.54) is 10.5 Å². The predicted molar refractivity (Wildman–Crippen MR) is 69.4 cm³/mol. The summed E-state index contributed by atoms with van der Waals surface area (Å²) >= 11 is 1.87. The van der Waals surface area contributed by atoms with Crippen molar-refractivity contribution in [2.45, 2.75) is 30.7 Å². The molecule has 0 saturated carbocycles. The van der Waals surface area contributed by atoms with Crippen molar-refractivity contribution in [3.05, 3.63) is 29.8 Å². The summed E-state index contributed by atoms with van der Waals surface area (Å²) < 4.78 is 0. The van der Waals surface area contributed by atoms with Crippen molar-refractivity contribution in [1.29, 1.82) is 5.26 Å². The first-order chi connectivity index (χ1) is 7.86. The molecule has 0 aliphatic rings. The molecule has 0 atom stereocenters. The minimum atomic E-state index is 0.681. The zero-order chi connectivity index (χ0) is 11.6. The highest BCUT2D eigenvalue weighted by atomic mass is 32.2. The van der Waals surface area contributed by atoms with Gasteiger partial charge in [-0.15, -0.1) is 11.8 Å². The Morgan fingerprint density at radius 2 is 2.25 bits per heavy atom. The summed E-state index contributed by atoms with van der Waals surface area (Å²) in [5.74, 6) is 1.10. The number of nitriles is 1. The van der Waals surface area contributed by atoms with Crippen molar-refractivity contribution in [3.8, 4) is 6.07 Å². The third-order valence-electron chi connectivity index (χ3n) is 2.23. The Morgan fingerprint density at radius 3 is 3.00 bits per heavy atom. The van der Waals surface area contributed by atoms with E-state index in [4.69, 9.17) is 5.26 Å². The number of hydrogen-bond donors (Lipinski definition) is 1. The lowest BCUT2D eigenvalue weighted by Crippen LogP contribution is -2.04. The molecule has 0 unspecified atom stereocenters. The maximum atomic E-state index is 8.41. The van der Waals surface area contributed by atoms with E-state index in [1.54, 1.807) is 0 Å². The molecule has 0 aliphatic heterocycles. The van der Waals surface area contributed by atoms with Gasteiger partial charge in [-0.1, -0.05) is 12.1 Å². The van der Waals surface area contributed by atoms with Crippen LogP contribution < -0.4 is 5.32 Å². The number of benzene rings is 1. The molecule has 1 N–H and O–H groups in total. The van der Waals surface area contributed by atoms with Crippen molar-refractivity contribution < 1.29 is 0 Å². The van der Waals surface area contributed by atoms with Crippen LogP contribution in [0, 0.1) is 11.3 Å². The summed E-state index contributed by atoms with van der Waals surface area (Å²) in [7, 11) is 1.96. The van der Waals surface area contributed by atoms with Crippen LogP contribution in [0.2, 0.25) is 0 Å². The van der Waals surface area contributed by atoms with Crippen molar-refractivity contribution >= 4 is 11.8 Å². The molecule has 1 aromatic carbocycles. The average Bonchev–Trinajstić information content (AvgIpc) is 2.30. The molecule has 0 saturated heterocycles. The summed E-state index contributed by atoms with van der Waals surface area (Å²) in [4.78, 5) is 1.32. The van der Waals surface area contributed by atoms with E-state index in [0.29, 0.717) is 6.42 Å². The van der Waals surface area contributed by atoms with Crippen LogP contribution in [0.5, 0.6) is 0 Å². The number of nitrogens with one attached hydrogen (secondary N) is 1.